The molecule has 0 N–H and O–H groups in total. The second-order valence-electron chi connectivity index (χ2n) is 16.9. The summed E-state index contributed by atoms with van der Waals surface area (Å²) in [7, 11) is -3.17. The Morgan fingerprint density at radius 2 is 0.896 bits per heavy atom. The van der Waals surface area contributed by atoms with Gasteiger partial charge in [0.15, 0.2) is 6.04 Å². The van der Waals surface area contributed by atoms with Crippen LogP contribution in [0.1, 0.15) is 132 Å². The number of unbranched alkanes of at least 4 members (excludes halogenated alkanes) is 14. The highest BCUT2D eigenvalue weighted by molar-refractivity contribution is 7.48. The number of likely N-dealkylation sites (N-methyl/N-ethyl adjacent to an activating group) is 1. The van der Waals surface area contributed by atoms with Crippen molar-refractivity contribution in [3.63, 3.8) is 0 Å². The van der Waals surface area contributed by atoms with Gasteiger partial charge in [0.25, 0.3) is 0 Å². The van der Waals surface area contributed by atoms with Crippen molar-refractivity contribution >= 4 is 25.9 Å². The molecule has 0 heterocycles. The van der Waals surface area contributed by atoms with E-state index in [0.29, 0.717) is 5.56 Å². The molecule has 0 aliphatic carbocycles. The van der Waals surface area contributed by atoms with Gasteiger partial charge < -0.3 is 18.9 Å². The number of esters is 2. The number of benzene rings is 4. The molecule has 1 amide bonds. The number of ether oxygens (including phenoxy) is 4. The maximum Gasteiger partial charge on any atom is 0.475 e. The molecular formula is C54H74NO11P. The lowest BCUT2D eigenvalue weighted by Crippen LogP contribution is -2.46. The third-order valence-corrected chi connectivity index (χ3v) is 12.6. The van der Waals surface area contributed by atoms with Crippen molar-refractivity contribution in [3.05, 3.63) is 144 Å². The quantitative estimate of drug-likeness (QED) is 0.0186. The van der Waals surface area contributed by atoms with Crippen molar-refractivity contribution in [2.24, 2.45) is 0 Å². The molecular weight excluding hydrogens is 870 g/mol. The van der Waals surface area contributed by atoms with Crippen LogP contribution < -0.4 is 0 Å². The highest BCUT2D eigenvalue weighted by Gasteiger charge is 2.36. The summed E-state index contributed by atoms with van der Waals surface area (Å²) in [4.78, 5) is 41.0. The van der Waals surface area contributed by atoms with Crippen molar-refractivity contribution in [2.45, 2.75) is 148 Å². The van der Waals surface area contributed by atoms with E-state index >= 15 is 0 Å². The number of hydrogen-bond acceptors (Lipinski definition) is 11. The Kier molecular flexibility index (Phi) is 27.5. The molecule has 0 radical (unpaired) electrons. The van der Waals surface area contributed by atoms with E-state index in [1.54, 1.807) is 48.5 Å². The summed E-state index contributed by atoms with van der Waals surface area (Å²) in [6, 6.07) is 35.2. The Morgan fingerprint density at radius 1 is 0.478 bits per heavy atom. The molecule has 12 nitrogen and oxygen atoms in total. The molecule has 13 heteroatoms. The number of phosphoric acid groups is 1. The fourth-order valence-corrected chi connectivity index (χ4v) is 8.32. The second-order valence-corrected chi connectivity index (χ2v) is 18.5. The minimum Gasteiger partial charge on any atom is -0.463 e. The van der Waals surface area contributed by atoms with Gasteiger partial charge in [0.1, 0.15) is 25.9 Å². The number of nitrogens with zero attached hydrogens (tertiary/aromatic N) is 1. The Balaban J connectivity index is 1.34. The molecule has 0 saturated carbocycles. The fraction of sp³-hybridized carbons (Fsp3) is 0.500. The van der Waals surface area contributed by atoms with Crippen LogP contribution >= 0.6 is 7.82 Å². The van der Waals surface area contributed by atoms with Crippen molar-refractivity contribution < 1.29 is 51.5 Å². The minimum atomic E-state index is -4.54. The SMILES string of the molecule is CCCCCCCCCCCCCCCCCC(=O)OC[C@H](COP(=O)(OCc1ccccc1)OC[C@@H](C(=O)OCc1ccccc1)N(C)C(=O)OCc1ccccc1)OCc1ccccc1. The predicted octanol–water partition coefficient (Wildman–Crippen LogP) is 13.1. The smallest absolute Gasteiger partial charge is 0.463 e. The first-order valence-corrected chi connectivity index (χ1v) is 25.7. The number of carbonyl (C=O) groups is 3. The van der Waals surface area contributed by atoms with Crippen LogP contribution in [0.5, 0.6) is 0 Å². The highest BCUT2D eigenvalue weighted by Crippen LogP contribution is 2.50. The molecule has 0 fully saturated rings. The molecule has 3 atom stereocenters. The molecule has 0 saturated heterocycles. The van der Waals surface area contributed by atoms with E-state index in [4.69, 9.17) is 32.5 Å². The van der Waals surface area contributed by atoms with E-state index in [9.17, 15) is 18.9 Å². The van der Waals surface area contributed by atoms with Crippen molar-refractivity contribution in [3.8, 4) is 0 Å². The zero-order chi connectivity index (χ0) is 47.6. The summed E-state index contributed by atoms with van der Waals surface area (Å²) in [6.07, 6.45) is 17.1. The minimum absolute atomic E-state index is 0.0487. The normalized spacial score (nSPS) is 13.0. The molecule has 0 aromatic heterocycles. The van der Waals surface area contributed by atoms with Gasteiger partial charge in [0.2, 0.25) is 0 Å². The molecule has 4 aromatic carbocycles. The third kappa shape index (κ3) is 24.1. The summed E-state index contributed by atoms with van der Waals surface area (Å²) < 4.78 is 55.2. The van der Waals surface area contributed by atoms with E-state index in [-0.39, 0.29) is 52.0 Å². The molecule has 0 aliphatic heterocycles. The number of rotatable bonds is 36. The monoisotopic (exact) mass is 943 g/mol. The third-order valence-electron chi connectivity index (χ3n) is 11.2. The van der Waals surface area contributed by atoms with Crippen molar-refractivity contribution in [2.75, 3.05) is 26.9 Å². The van der Waals surface area contributed by atoms with Gasteiger partial charge in [-0.15, -0.1) is 0 Å². The van der Waals surface area contributed by atoms with Gasteiger partial charge in [-0.2, -0.15) is 0 Å². The van der Waals surface area contributed by atoms with E-state index in [1.165, 1.54) is 77.7 Å². The predicted molar refractivity (Wildman–Crippen MR) is 261 cm³/mol. The molecule has 0 aliphatic rings. The Morgan fingerprint density at radius 3 is 1.39 bits per heavy atom. The van der Waals surface area contributed by atoms with Crippen LogP contribution in [0, 0.1) is 0 Å². The molecule has 0 spiro atoms. The van der Waals surface area contributed by atoms with Crippen LogP contribution in [0.15, 0.2) is 121 Å². The van der Waals surface area contributed by atoms with Gasteiger partial charge in [-0.1, -0.05) is 218 Å². The molecule has 4 rings (SSSR count). The Bertz CT molecular complexity index is 1960. The van der Waals surface area contributed by atoms with Crippen LogP contribution in [-0.4, -0.2) is 61.9 Å². The zero-order valence-corrected chi connectivity index (χ0v) is 40.7. The van der Waals surface area contributed by atoms with Crippen LogP contribution in [0.2, 0.25) is 0 Å². The summed E-state index contributed by atoms with van der Waals surface area (Å²) in [6.45, 7) is 0.948. The number of phosphoric ester groups is 1. The van der Waals surface area contributed by atoms with E-state index in [2.05, 4.69) is 6.92 Å². The van der Waals surface area contributed by atoms with E-state index in [0.717, 1.165) is 47.3 Å². The lowest BCUT2D eigenvalue weighted by atomic mass is 10.0. The first kappa shape index (κ1) is 54.8. The number of carbonyl (C=O) groups excluding carboxylic acids is 3. The second kappa shape index (κ2) is 33.6. The molecule has 366 valence electrons. The van der Waals surface area contributed by atoms with Gasteiger partial charge in [-0.05, 0) is 28.7 Å². The average Bonchev–Trinajstić information content (AvgIpc) is 3.36. The standard InChI is InChI=1S/C54H74NO11P/c1-3-4-5-6-7-8-9-10-11-12-13-14-15-16-29-38-52(56)61-43-50(60-39-46-30-21-17-22-31-46)44-65-67(59,64-42-49-36-27-20-28-37-49)66-45-51(53(57)62-40-47-32-23-18-24-33-47)55(2)54(58)63-41-48-34-25-19-26-35-48/h17-28,30-37,50-51H,3-16,29,38-45H2,1-2H3/t50-,51+,67?/m1/s1. The topological polar surface area (TPSA) is 136 Å². The lowest BCUT2D eigenvalue weighted by Gasteiger charge is -2.28. The highest BCUT2D eigenvalue weighted by atomic mass is 31.2. The summed E-state index contributed by atoms with van der Waals surface area (Å²) in [5.41, 5.74) is 3.02. The Hall–Kier alpha value is -4.84. The molecule has 4 aromatic rings. The van der Waals surface area contributed by atoms with Crippen molar-refractivity contribution in [1.29, 1.82) is 0 Å². The van der Waals surface area contributed by atoms with Crippen molar-refractivity contribution in [1.82, 2.24) is 4.90 Å². The van der Waals surface area contributed by atoms with Crippen LogP contribution in [0.4, 0.5) is 4.79 Å². The zero-order valence-electron chi connectivity index (χ0n) is 39.9. The first-order chi connectivity index (χ1) is 32.7. The molecule has 0 bridgehead atoms. The van der Waals surface area contributed by atoms with Crippen LogP contribution in [-0.2, 0) is 73.1 Å². The maximum absolute atomic E-state index is 14.6. The van der Waals surface area contributed by atoms with Crippen LogP contribution in [0.3, 0.4) is 0 Å². The van der Waals surface area contributed by atoms with Gasteiger partial charge in [-0.3, -0.25) is 23.3 Å². The molecule has 67 heavy (non-hydrogen) atoms. The summed E-state index contributed by atoms with van der Waals surface area (Å²) in [5.74, 6) is -1.19. The van der Waals surface area contributed by atoms with Crippen LogP contribution in [0.25, 0.3) is 0 Å². The Labute approximate surface area is 399 Å². The van der Waals surface area contributed by atoms with Gasteiger partial charge >= 0.3 is 25.9 Å². The first-order valence-electron chi connectivity index (χ1n) is 24.3. The number of hydrogen-bond donors (Lipinski definition) is 0. The number of amides is 1. The largest absolute Gasteiger partial charge is 0.475 e. The van der Waals surface area contributed by atoms with Gasteiger partial charge in [0.05, 0.1) is 26.4 Å². The van der Waals surface area contributed by atoms with E-state index in [1.807, 2.05) is 72.8 Å². The van der Waals surface area contributed by atoms with E-state index < -0.39 is 38.6 Å². The summed E-state index contributed by atoms with van der Waals surface area (Å²) >= 11 is 0. The maximum atomic E-state index is 14.6. The fourth-order valence-electron chi connectivity index (χ4n) is 7.12. The lowest BCUT2D eigenvalue weighted by molar-refractivity contribution is -0.151. The average molecular weight is 944 g/mol. The van der Waals surface area contributed by atoms with Gasteiger partial charge in [-0.25, -0.2) is 14.2 Å². The molecule has 1 unspecified atom stereocenters. The van der Waals surface area contributed by atoms with Gasteiger partial charge in [0, 0.05) is 13.5 Å². The summed E-state index contributed by atoms with van der Waals surface area (Å²) in [5, 5.41) is 0.